The number of anilines is 1. The molecule has 0 N–H and O–H groups in total. The monoisotopic (exact) mass is 346 g/mol. The highest BCUT2D eigenvalue weighted by Gasteiger charge is 2.21. The zero-order valence-electron chi connectivity index (χ0n) is 14.1. The fourth-order valence-electron chi connectivity index (χ4n) is 1.89. The minimum Gasteiger partial charge on any atom is -0.432 e. The van der Waals surface area contributed by atoms with E-state index in [0.717, 1.165) is 10.5 Å². The molecule has 0 spiro atoms. The van der Waals surface area contributed by atoms with Gasteiger partial charge in [0, 0.05) is 4.88 Å². The highest BCUT2D eigenvalue weighted by molar-refractivity contribution is 7.09. The molecule has 2 rings (SSSR count). The van der Waals surface area contributed by atoms with Gasteiger partial charge < -0.3 is 9.15 Å². The summed E-state index contributed by atoms with van der Waals surface area (Å²) >= 11 is 1.58. The van der Waals surface area contributed by atoms with Gasteiger partial charge in [-0.3, -0.25) is 9.69 Å². The van der Waals surface area contributed by atoms with Crippen molar-refractivity contribution in [3.8, 4) is 0 Å². The van der Waals surface area contributed by atoms with Crippen molar-refractivity contribution in [2.45, 2.75) is 33.4 Å². The number of hydrogen-bond acceptors (Lipinski definition) is 5. The van der Waals surface area contributed by atoms with Gasteiger partial charge in [0.05, 0.1) is 18.8 Å². The van der Waals surface area contributed by atoms with E-state index < -0.39 is 0 Å². The smallest absolute Gasteiger partial charge is 0.304 e. The van der Waals surface area contributed by atoms with Crippen molar-refractivity contribution in [1.82, 2.24) is 4.98 Å². The van der Waals surface area contributed by atoms with E-state index in [2.05, 4.69) is 4.98 Å². The fraction of sp³-hybridized carbons (Fsp3) is 0.333. The number of oxazole rings is 1. The molecule has 2 aromatic rings. The fourth-order valence-corrected chi connectivity index (χ4v) is 2.58. The van der Waals surface area contributed by atoms with Crippen molar-refractivity contribution in [3.05, 3.63) is 58.7 Å². The molecule has 0 aliphatic carbocycles. The van der Waals surface area contributed by atoms with Gasteiger partial charge >= 0.3 is 6.01 Å². The van der Waals surface area contributed by atoms with Crippen LogP contribution in [0.2, 0.25) is 0 Å². The number of amides is 1. The van der Waals surface area contributed by atoms with Gasteiger partial charge in [-0.25, -0.2) is 4.98 Å². The first-order valence-electron chi connectivity index (χ1n) is 7.75. The van der Waals surface area contributed by atoms with E-state index in [9.17, 15) is 4.79 Å². The average molecular weight is 346 g/mol. The first-order valence-corrected chi connectivity index (χ1v) is 8.63. The zero-order chi connectivity index (χ0) is 17.4. The maximum absolute atomic E-state index is 12.5. The Labute approximate surface area is 146 Å². The van der Waals surface area contributed by atoms with Crippen LogP contribution in [0.3, 0.4) is 0 Å². The van der Waals surface area contributed by atoms with Crippen molar-refractivity contribution in [2.24, 2.45) is 0 Å². The molecular formula is C18H22N2O3S. The zero-order valence-corrected chi connectivity index (χ0v) is 15.0. The second kappa shape index (κ2) is 9.20. The van der Waals surface area contributed by atoms with Gasteiger partial charge in [-0.1, -0.05) is 29.9 Å². The van der Waals surface area contributed by atoms with Crippen LogP contribution in [0.15, 0.2) is 58.2 Å². The third-order valence-corrected chi connectivity index (χ3v) is 4.26. The Balaban J connectivity index is 1.97. The highest BCUT2D eigenvalue weighted by atomic mass is 32.1. The Hall–Kier alpha value is -2.18. The Kier molecular flexibility index (Phi) is 6.96. The summed E-state index contributed by atoms with van der Waals surface area (Å²) in [6.07, 6.45) is 8.74. The van der Waals surface area contributed by atoms with Gasteiger partial charge in [0.15, 0.2) is 0 Å². The summed E-state index contributed by atoms with van der Waals surface area (Å²) in [6.45, 7) is 6.28. The number of nitrogens with zero attached hydrogens (tertiary/aromatic N) is 2. The number of thiophene rings is 1. The topological polar surface area (TPSA) is 55.6 Å². The van der Waals surface area contributed by atoms with E-state index in [1.807, 2.05) is 56.5 Å². The Bertz CT molecular complexity index is 675. The standard InChI is InChI=1S/C18H22N2O3S/c1-4-14(2)7-8-15(3)23-13-17(21)20(18-19-9-10-22-18)12-16-6-5-11-24-16/h4-11,15H,12-13H2,1-3H3/b8-7-,14-4-. The van der Waals surface area contributed by atoms with Gasteiger partial charge in [-0.05, 0) is 32.2 Å². The van der Waals surface area contributed by atoms with Crippen molar-refractivity contribution < 1.29 is 13.9 Å². The summed E-state index contributed by atoms with van der Waals surface area (Å²) in [7, 11) is 0. The molecule has 5 nitrogen and oxygen atoms in total. The largest absolute Gasteiger partial charge is 0.432 e. The van der Waals surface area contributed by atoms with Crippen molar-refractivity contribution >= 4 is 23.3 Å². The van der Waals surface area contributed by atoms with E-state index in [-0.39, 0.29) is 24.6 Å². The van der Waals surface area contributed by atoms with Gasteiger partial charge in [0.25, 0.3) is 5.91 Å². The minimum atomic E-state index is -0.186. The molecule has 0 fully saturated rings. The molecule has 1 atom stereocenters. The number of hydrogen-bond donors (Lipinski definition) is 0. The average Bonchev–Trinajstić information content (AvgIpc) is 3.28. The number of carbonyl (C=O) groups is 1. The molecule has 1 amide bonds. The number of ether oxygens (including phenoxy) is 1. The molecule has 0 aliphatic rings. The predicted molar refractivity (Wildman–Crippen MR) is 96.0 cm³/mol. The summed E-state index contributed by atoms with van der Waals surface area (Å²) in [5.41, 5.74) is 1.15. The van der Waals surface area contributed by atoms with Crippen LogP contribution in [-0.2, 0) is 16.1 Å². The molecule has 0 saturated heterocycles. The lowest BCUT2D eigenvalue weighted by Crippen LogP contribution is -2.34. The van der Waals surface area contributed by atoms with Crippen LogP contribution >= 0.6 is 11.3 Å². The van der Waals surface area contributed by atoms with Crippen LogP contribution in [0.4, 0.5) is 6.01 Å². The molecule has 0 aromatic carbocycles. The minimum absolute atomic E-state index is 0.0336. The molecule has 0 radical (unpaired) electrons. The van der Waals surface area contributed by atoms with Crippen LogP contribution in [0, 0.1) is 0 Å². The van der Waals surface area contributed by atoms with Crippen LogP contribution in [0.5, 0.6) is 0 Å². The molecular weight excluding hydrogens is 324 g/mol. The summed E-state index contributed by atoms with van der Waals surface area (Å²) in [6, 6.07) is 4.20. The van der Waals surface area contributed by atoms with E-state index in [4.69, 9.17) is 9.15 Å². The van der Waals surface area contributed by atoms with Crippen molar-refractivity contribution in [2.75, 3.05) is 11.5 Å². The maximum atomic E-state index is 12.5. The second-order valence-corrected chi connectivity index (χ2v) is 6.31. The Morgan fingerprint density at radius 1 is 1.54 bits per heavy atom. The lowest BCUT2D eigenvalue weighted by molar-refractivity contribution is -0.124. The molecule has 2 heterocycles. The van der Waals surface area contributed by atoms with E-state index in [0.29, 0.717) is 6.54 Å². The third-order valence-electron chi connectivity index (χ3n) is 3.40. The van der Waals surface area contributed by atoms with E-state index in [1.165, 1.54) is 17.4 Å². The molecule has 0 bridgehead atoms. The first kappa shape index (κ1) is 18.2. The second-order valence-electron chi connectivity index (χ2n) is 5.28. The molecule has 2 aromatic heterocycles. The summed E-state index contributed by atoms with van der Waals surface area (Å²) < 4.78 is 10.9. The van der Waals surface area contributed by atoms with Crippen molar-refractivity contribution in [1.29, 1.82) is 0 Å². The first-order chi connectivity index (χ1) is 11.6. The molecule has 0 aliphatic heterocycles. The quantitative estimate of drug-likeness (QED) is 0.672. The predicted octanol–water partition coefficient (Wildman–Crippen LogP) is 4.20. The van der Waals surface area contributed by atoms with Crippen LogP contribution in [0.1, 0.15) is 25.6 Å². The Morgan fingerprint density at radius 2 is 2.38 bits per heavy atom. The maximum Gasteiger partial charge on any atom is 0.304 e. The van der Waals surface area contributed by atoms with Crippen molar-refractivity contribution in [3.63, 3.8) is 0 Å². The molecule has 1 unspecified atom stereocenters. The highest BCUT2D eigenvalue weighted by Crippen LogP contribution is 2.18. The summed E-state index contributed by atoms with van der Waals surface area (Å²) in [4.78, 5) is 19.2. The van der Waals surface area contributed by atoms with Gasteiger partial charge in [-0.2, -0.15) is 0 Å². The molecule has 128 valence electrons. The molecule has 24 heavy (non-hydrogen) atoms. The van der Waals surface area contributed by atoms with Gasteiger partial charge in [0.1, 0.15) is 12.9 Å². The number of aromatic nitrogens is 1. The summed E-state index contributed by atoms with van der Waals surface area (Å²) in [5.74, 6) is -0.186. The lowest BCUT2D eigenvalue weighted by Gasteiger charge is -2.19. The normalized spacial score (nSPS) is 13.4. The summed E-state index contributed by atoms with van der Waals surface area (Å²) in [5, 5.41) is 1.97. The van der Waals surface area contributed by atoms with E-state index >= 15 is 0 Å². The van der Waals surface area contributed by atoms with Crippen LogP contribution < -0.4 is 4.90 Å². The molecule has 6 heteroatoms. The SMILES string of the molecule is C/C=C(C)\C=C/C(C)OCC(=O)N(Cc1cccs1)c1ncco1. The molecule has 0 saturated carbocycles. The number of carbonyl (C=O) groups excluding carboxylic acids is 1. The van der Waals surface area contributed by atoms with Gasteiger partial charge in [-0.15, -0.1) is 11.3 Å². The van der Waals surface area contributed by atoms with Crippen LogP contribution in [0.25, 0.3) is 0 Å². The van der Waals surface area contributed by atoms with Gasteiger partial charge in [0.2, 0.25) is 0 Å². The third kappa shape index (κ3) is 5.47. The van der Waals surface area contributed by atoms with E-state index in [1.54, 1.807) is 11.3 Å². The number of rotatable bonds is 8. The Morgan fingerprint density at radius 3 is 3.00 bits per heavy atom. The lowest BCUT2D eigenvalue weighted by atomic mass is 10.2. The number of allylic oxidation sites excluding steroid dienone is 3. The van der Waals surface area contributed by atoms with Crippen LogP contribution in [-0.4, -0.2) is 23.6 Å².